The molecule has 0 spiro atoms. The van der Waals surface area contributed by atoms with Crippen LogP contribution in [0.25, 0.3) is 0 Å². The molecule has 2 aromatic carbocycles. The fourth-order valence-electron chi connectivity index (χ4n) is 1.83. The van der Waals surface area contributed by atoms with Crippen molar-refractivity contribution in [1.82, 2.24) is 0 Å². The van der Waals surface area contributed by atoms with Gasteiger partial charge in [-0.05, 0) is 58.7 Å². The van der Waals surface area contributed by atoms with E-state index in [1.54, 1.807) is 25.3 Å². The van der Waals surface area contributed by atoms with Gasteiger partial charge in [-0.15, -0.1) is 0 Å². The van der Waals surface area contributed by atoms with Crippen molar-refractivity contribution >= 4 is 39.0 Å². The van der Waals surface area contributed by atoms with Gasteiger partial charge in [0.2, 0.25) is 0 Å². The Labute approximate surface area is 137 Å². The standard InChI is InChI=1S/C16H15BrClNO2/c1-10-3-5-12(8-14(10)18)19-9-15(20)11-4-6-16(21-2)13(17)7-11/h3-8,19H,9H2,1-2H3. The molecule has 0 aromatic heterocycles. The van der Waals surface area contributed by atoms with Crippen LogP contribution in [-0.4, -0.2) is 19.4 Å². The van der Waals surface area contributed by atoms with E-state index in [-0.39, 0.29) is 12.3 Å². The monoisotopic (exact) mass is 367 g/mol. The lowest BCUT2D eigenvalue weighted by Crippen LogP contribution is -2.14. The fraction of sp³-hybridized carbons (Fsp3) is 0.188. The molecular formula is C16H15BrClNO2. The molecule has 5 heteroatoms. The summed E-state index contributed by atoms with van der Waals surface area (Å²) in [5.74, 6) is 0.694. The van der Waals surface area contributed by atoms with Gasteiger partial charge in [0.25, 0.3) is 0 Å². The number of hydrogen-bond donors (Lipinski definition) is 1. The van der Waals surface area contributed by atoms with Gasteiger partial charge in [0, 0.05) is 16.3 Å². The lowest BCUT2D eigenvalue weighted by atomic mass is 10.1. The van der Waals surface area contributed by atoms with Crippen LogP contribution >= 0.6 is 27.5 Å². The number of methoxy groups -OCH3 is 1. The summed E-state index contributed by atoms with van der Waals surface area (Å²) in [6, 6.07) is 10.9. The van der Waals surface area contributed by atoms with Crippen LogP contribution in [0.5, 0.6) is 5.75 Å². The SMILES string of the molecule is COc1ccc(C(=O)CNc2ccc(C)c(Cl)c2)cc1Br. The van der Waals surface area contributed by atoms with Crippen LogP contribution in [0.2, 0.25) is 5.02 Å². The summed E-state index contributed by atoms with van der Waals surface area (Å²) in [6.45, 7) is 2.14. The van der Waals surface area contributed by atoms with E-state index in [9.17, 15) is 4.79 Å². The lowest BCUT2D eigenvalue weighted by molar-refractivity contribution is 0.101. The molecule has 0 aliphatic rings. The summed E-state index contributed by atoms with van der Waals surface area (Å²) in [5, 5.41) is 3.76. The van der Waals surface area contributed by atoms with E-state index in [4.69, 9.17) is 16.3 Å². The molecular weight excluding hydrogens is 354 g/mol. The van der Waals surface area contributed by atoms with E-state index < -0.39 is 0 Å². The third kappa shape index (κ3) is 3.99. The zero-order valence-electron chi connectivity index (χ0n) is 11.7. The Bertz CT molecular complexity index is 673. The first-order valence-corrected chi connectivity index (χ1v) is 7.55. The van der Waals surface area contributed by atoms with Crippen molar-refractivity contribution in [2.75, 3.05) is 19.0 Å². The van der Waals surface area contributed by atoms with Gasteiger partial charge >= 0.3 is 0 Å². The normalized spacial score (nSPS) is 10.3. The average Bonchev–Trinajstić information content (AvgIpc) is 2.48. The van der Waals surface area contributed by atoms with Gasteiger partial charge in [0.05, 0.1) is 18.1 Å². The van der Waals surface area contributed by atoms with Gasteiger partial charge < -0.3 is 10.1 Å². The minimum atomic E-state index is -0.00458. The molecule has 0 heterocycles. The van der Waals surface area contributed by atoms with Crippen LogP contribution in [0, 0.1) is 6.92 Å². The highest BCUT2D eigenvalue weighted by Gasteiger charge is 2.09. The molecule has 0 amide bonds. The molecule has 0 aliphatic carbocycles. The number of Topliss-reactive ketones (excluding diaryl/α,β-unsaturated/α-hetero) is 1. The van der Waals surface area contributed by atoms with Crippen molar-refractivity contribution in [3.05, 3.63) is 57.0 Å². The Kier molecular flexibility index (Phi) is 5.26. The predicted octanol–water partition coefficient (Wildman–Crippen LogP) is 4.71. The number of hydrogen-bond acceptors (Lipinski definition) is 3. The molecule has 110 valence electrons. The largest absolute Gasteiger partial charge is 0.496 e. The Morgan fingerprint density at radius 2 is 2.05 bits per heavy atom. The maximum Gasteiger partial charge on any atom is 0.181 e. The second-order valence-corrected chi connectivity index (χ2v) is 5.85. The zero-order valence-corrected chi connectivity index (χ0v) is 14.1. The van der Waals surface area contributed by atoms with Crippen LogP contribution in [0.3, 0.4) is 0 Å². The van der Waals surface area contributed by atoms with Crippen LogP contribution in [-0.2, 0) is 0 Å². The minimum Gasteiger partial charge on any atom is -0.496 e. The van der Waals surface area contributed by atoms with Gasteiger partial charge in [-0.2, -0.15) is 0 Å². The van der Waals surface area contributed by atoms with Gasteiger partial charge in [-0.3, -0.25) is 4.79 Å². The van der Waals surface area contributed by atoms with Crippen molar-refractivity contribution < 1.29 is 9.53 Å². The van der Waals surface area contributed by atoms with E-state index in [2.05, 4.69) is 21.2 Å². The van der Waals surface area contributed by atoms with Crippen molar-refractivity contribution in [3.63, 3.8) is 0 Å². The van der Waals surface area contributed by atoms with Crippen molar-refractivity contribution in [2.45, 2.75) is 6.92 Å². The Hall–Kier alpha value is -1.52. The summed E-state index contributed by atoms with van der Waals surface area (Å²) < 4.78 is 5.90. The van der Waals surface area contributed by atoms with Gasteiger partial charge in [0.1, 0.15) is 5.75 Å². The first-order valence-electron chi connectivity index (χ1n) is 6.38. The van der Waals surface area contributed by atoms with Crippen molar-refractivity contribution in [2.24, 2.45) is 0 Å². The summed E-state index contributed by atoms with van der Waals surface area (Å²) >= 11 is 9.43. The quantitative estimate of drug-likeness (QED) is 0.776. The number of carbonyl (C=O) groups is 1. The maximum atomic E-state index is 12.2. The number of ether oxygens (including phenoxy) is 1. The molecule has 0 radical (unpaired) electrons. The van der Waals surface area contributed by atoms with E-state index in [0.717, 1.165) is 15.7 Å². The number of aryl methyl sites for hydroxylation is 1. The van der Waals surface area contributed by atoms with E-state index in [1.807, 2.05) is 25.1 Å². The lowest BCUT2D eigenvalue weighted by Gasteiger charge is -2.09. The number of ketones is 1. The molecule has 2 aromatic rings. The highest BCUT2D eigenvalue weighted by atomic mass is 79.9. The predicted molar refractivity (Wildman–Crippen MR) is 89.7 cm³/mol. The number of anilines is 1. The summed E-state index contributed by atoms with van der Waals surface area (Å²) in [7, 11) is 1.59. The first kappa shape index (κ1) is 15.9. The van der Waals surface area contributed by atoms with Crippen LogP contribution < -0.4 is 10.1 Å². The second kappa shape index (κ2) is 6.96. The van der Waals surface area contributed by atoms with E-state index >= 15 is 0 Å². The molecule has 0 saturated heterocycles. The molecule has 0 atom stereocenters. The third-order valence-electron chi connectivity index (χ3n) is 3.10. The zero-order chi connectivity index (χ0) is 15.4. The first-order chi connectivity index (χ1) is 10.0. The van der Waals surface area contributed by atoms with Crippen LogP contribution in [0.15, 0.2) is 40.9 Å². The van der Waals surface area contributed by atoms with Gasteiger partial charge in [0.15, 0.2) is 5.78 Å². The summed E-state index contributed by atoms with van der Waals surface area (Å²) in [4.78, 5) is 12.2. The molecule has 0 unspecified atom stereocenters. The van der Waals surface area contributed by atoms with Crippen LogP contribution in [0.4, 0.5) is 5.69 Å². The minimum absolute atomic E-state index is 0.00458. The van der Waals surface area contributed by atoms with Gasteiger partial charge in [-0.25, -0.2) is 0 Å². The Morgan fingerprint density at radius 1 is 1.29 bits per heavy atom. The highest BCUT2D eigenvalue weighted by Crippen LogP contribution is 2.26. The topological polar surface area (TPSA) is 38.3 Å². The second-order valence-electron chi connectivity index (χ2n) is 4.59. The maximum absolute atomic E-state index is 12.2. The number of rotatable bonds is 5. The number of benzene rings is 2. The molecule has 0 aliphatic heterocycles. The van der Waals surface area contributed by atoms with Crippen molar-refractivity contribution in [1.29, 1.82) is 0 Å². The van der Waals surface area contributed by atoms with Crippen LogP contribution in [0.1, 0.15) is 15.9 Å². The number of carbonyl (C=O) groups excluding carboxylic acids is 1. The average molecular weight is 369 g/mol. The van der Waals surface area contributed by atoms with Gasteiger partial charge in [-0.1, -0.05) is 17.7 Å². The molecule has 0 bridgehead atoms. The number of nitrogens with one attached hydrogen (secondary N) is 1. The number of halogens is 2. The molecule has 3 nitrogen and oxygen atoms in total. The fourth-order valence-corrected chi connectivity index (χ4v) is 2.55. The molecule has 2 rings (SSSR count). The molecule has 1 N–H and O–H groups in total. The molecule has 21 heavy (non-hydrogen) atoms. The summed E-state index contributed by atoms with van der Waals surface area (Å²) in [5.41, 5.74) is 2.45. The third-order valence-corrected chi connectivity index (χ3v) is 4.13. The van der Waals surface area contributed by atoms with E-state index in [0.29, 0.717) is 16.3 Å². The Morgan fingerprint density at radius 3 is 2.67 bits per heavy atom. The highest BCUT2D eigenvalue weighted by molar-refractivity contribution is 9.10. The smallest absolute Gasteiger partial charge is 0.181 e. The molecule has 0 fully saturated rings. The van der Waals surface area contributed by atoms with E-state index in [1.165, 1.54) is 0 Å². The summed E-state index contributed by atoms with van der Waals surface area (Å²) in [6.07, 6.45) is 0. The molecule has 0 saturated carbocycles. The van der Waals surface area contributed by atoms with Crippen molar-refractivity contribution in [3.8, 4) is 5.75 Å². The Balaban J connectivity index is 2.04.